The third kappa shape index (κ3) is 1.95. The van der Waals surface area contributed by atoms with Crippen LogP contribution in [0.2, 0.25) is 0 Å². The minimum Gasteiger partial charge on any atom is -0.495 e. The van der Waals surface area contributed by atoms with Crippen LogP contribution in [0.25, 0.3) is 0 Å². The van der Waals surface area contributed by atoms with Crippen molar-refractivity contribution in [3.05, 3.63) is 23.8 Å². The molecule has 94 valence electrons. The average Bonchev–Trinajstić information content (AvgIpc) is 2.68. The topological polar surface area (TPSA) is 72.6 Å². The van der Waals surface area contributed by atoms with Crippen LogP contribution in [-0.2, 0) is 9.59 Å². The van der Waals surface area contributed by atoms with E-state index in [-0.39, 0.29) is 29.6 Å². The summed E-state index contributed by atoms with van der Waals surface area (Å²) >= 11 is 4.94. The number of nitrogens with zero attached hydrogens (tertiary/aromatic N) is 1. The summed E-state index contributed by atoms with van der Waals surface area (Å²) in [7, 11) is 1.47. The van der Waals surface area contributed by atoms with Gasteiger partial charge in [-0.25, -0.2) is 4.90 Å². The van der Waals surface area contributed by atoms with Gasteiger partial charge in [-0.3, -0.25) is 9.59 Å². The molecule has 0 aromatic heterocycles. The van der Waals surface area contributed by atoms with Crippen molar-refractivity contribution >= 4 is 34.7 Å². The van der Waals surface area contributed by atoms with E-state index in [4.69, 9.17) is 22.7 Å². The first-order valence-corrected chi connectivity index (χ1v) is 5.79. The summed E-state index contributed by atoms with van der Waals surface area (Å²) < 4.78 is 5.18. The molecule has 1 aliphatic heterocycles. The quantitative estimate of drug-likeness (QED) is 0.651. The highest BCUT2D eigenvalue weighted by molar-refractivity contribution is 7.80. The van der Waals surface area contributed by atoms with Crippen molar-refractivity contribution in [2.45, 2.75) is 12.8 Å². The van der Waals surface area contributed by atoms with E-state index in [0.29, 0.717) is 17.0 Å². The average molecular weight is 264 g/mol. The number of imide groups is 1. The Labute approximate surface area is 110 Å². The van der Waals surface area contributed by atoms with Crippen molar-refractivity contribution < 1.29 is 14.3 Å². The molecule has 0 spiro atoms. The molecule has 2 amide bonds. The molecule has 0 unspecified atom stereocenters. The number of anilines is 1. The zero-order chi connectivity index (χ0) is 13.3. The molecule has 0 aliphatic carbocycles. The molecule has 1 fully saturated rings. The lowest BCUT2D eigenvalue weighted by Crippen LogP contribution is -2.31. The van der Waals surface area contributed by atoms with E-state index in [0.717, 1.165) is 4.90 Å². The molecule has 1 aliphatic rings. The van der Waals surface area contributed by atoms with Gasteiger partial charge in [-0.1, -0.05) is 18.3 Å². The van der Waals surface area contributed by atoms with Crippen LogP contribution in [0.3, 0.4) is 0 Å². The number of carbonyl (C=O) groups is 2. The number of benzene rings is 1. The van der Waals surface area contributed by atoms with Gasteiger partial charge < -0.3 is 10.5 Å². The Hall–Kier alpha value is -1.95. The molecule has 0 saturated carbocycles. The Bertz CT molecular complexity index is 526. The van der Waals surface area contributed by atoms with Gasteiger partial charge >= 0.3 is 0 Å². The van der Waals surface area contributed by atoms with Crippen LogP contribution < -0.4 is 15.4 Å². The minimum atomic E-state index is -0.262. The third-order valence-corrected chi connectivity index (χ3v) is 2.98. The fourth-order valence-corrected chi connectivity index (χ4v) is 2.11. The van der Waals surface area contributed by atoms with Crippen molar-refractivity contribution in [1.29, 1.82) is 0 Å². The van der Waals surface area contributed by atoms with Crippen LogP contribution in [0, 0.1) is 0 Å². The second-order valence-electron chi connectivity index (χ2n) is 3.84. The molecule has 6 heteroatoms. The first kappa shape index (κ1) is 12.5. The van der Waals surface area contributed by atoms with Gasteiger partial charge in [0.15, 0.2) is 0 Å². The van der Waals surface area contributed by atoms with E-state index in [2.05, 4.69) is 0 Å². The fourth-order valence-electron chi connectivity index (χ4n) is 1.94. The maximum Gasteiger partial charge on any atom is 0.234 e. The SMILES string of the molecule is COc1cccc(C(N)=S)c1N1C(=O)CCC1=O. The Kier molecular flexibility index (Phi) is 3.29. The van der Waals surface area contributed by atoms with Gasteiger partial charge in [0.1, 0.15) is 16.4 Å². The highest BCUT2D eigenvalue weighted by Gasteiger charge is 2.34. The molecule has 1 saturated heterocycles. The molecule has 2 rings (SSSR count). The first-order chi connectivity index (χ1) is 8.56. The van der Waals surface area contributed by atoms with Gasteiger partial charge in [-0.15, -0.1) is 0 Å². The zero-order valence-electron chi connectivity index (χ0n) is 9.80. The van der Waals surface area contributed by atoms with Crippen LogP contribution in [0.1, 0.15) is 18.4 Å². The highest BCUT2D eigenvalue weighted by atomic mass is 32.1. The minimum absolute atomic E-state index is 0.122. The van der Waals surface area contributed by atoms with Crippen LogP contribution in [0.15, 0.2) is 18.2 Å². The molecule has 18 heavy (non-hydrogen) atoms. The summed E-state index contributed by atoms with van der Waals surface area (Å²) in [5, 5.41) is 0. The molecule has 1 aromatic carbocycles. The van der Waals surface area contributed by atoms with Crippen LogP contribution in [-0.4, -0.2) is 23.9 Å². The number of hydrogen-bond donors (Lipinski definition) is 1. The predicted molar refractivity (Wildman–Crippen MR) is 70.6 cm³/mol. The lowest BCUT2D eigenvalue weighted by molar-refractivity contribution is -0.121. The molecule has 1 aromatic rings. The van der Waals surface area contributed by atoms with E-state index in [1.807, 2.05) is 0 Å². The molecule has 0 atom stereocenters. The fraction of sp³-hybridized carbons (Fsp3) is 0.250. The third-order valence-electron chi connectivity index (χ3n) is 2.76. The van der Waals surface area contributed by atoms with Crippen LogP contribution in [0.4, 0.5) is 5.69 Å². The number of amides is 2. The number of carbonyl (C=O) groups excluding carboxylic acids is 2. The van der Waals surface area contributed by atoms with Gasteiger partial charge in [0.05, 0.1) is 7.11 Å². The van der Waals surface area contributed by atoms with Crippen LogP contribution in [0.5, 0.6) is 5.75 Å². The summed E-state index contributed by atoms with van der Waals surface area (Å²) in [6.07, 6.45) is 0.404. The van der Waals surface area contributed by atoms with E-state index in [1.165, 1.54) is 7.11 Å². The van der Waals surface area contributed by atoms with Crippen molar-refractivity contribution in [3.8, 4) is 5.75 Å². The normalized spacial score (nSPS) is 15.1. The predicted octanol–water partition coefficient (Wildman–Crippen LogP) is 0.983. The smallest absolute Gasteiger partial charge is 0.234 e. The van der Waals surface area contributed by atoms with Gasteiger partial charge in [-0.2, -0.15) is 0 Å². The van der Waals surface area contributed by atoms with E-state index < -0.39 is 0 Å². The summed E-state index contributed by atoms with van der Waals surface area (Å²) in [5.74, 6) is -0.118. The zero-order valence-corrected chi connectivity index (χ0v) is 10.6. The molecule has 0 radical (unpaired) electrons. The standard InChI is InChI=1S/C12H12N2O3S/c1-17-8-4-2-3-7(12(13)18)11(8)14-9(15)5-6-10(14)16/h2-4H,5-6H2,1H3,(H2,13,18). The Morgan fingerprint density at radius 1 is 1.33 bits per heavy atom. The van der Waals surface area contributed by atoms with Gasteiger partial charge in [0, 0.05) is 18.4 Å². The lowest BCUT2D eigenvalue weighted by Gasteiger charge is -2.20. The number of ether oxygens (including phenoxy) is 1. The van der Waals surface area contributed by atoms with Gasteiger partial charge in [0.25, 0.3) is 0 Å². The van der Waals surface area contributed by atoms with E-state index in [1.54, 1.807) is 18.2 Å². The van der Waals surface area contributed by atoms with Crippen molar-refractivity contribution in [1.82, 2.24) is 0 Å². The van der Waals surface area contributed by atoms with E-state index >= 15 is 0 Å². The summed E-state index contributed by atoms with van der Waals surface area (Å²) in [6, 6.07) is 5.04. The second-order valence-corrected chi connectivity index (χ2v) is 4.28. The summed E-state index contributed by atoms with van der Waals surface area (Å²) in [5.41, 5.74) is 6.44. The monoisotopic (exact) mass is 264 g/mol. The maximum atomic E-state index is 11.8. The number of nitrogens with two attached hydrogens (primary N) is 1. The molecular formula is C12H12N2O3S. The molecular weight excluding hydrogens is 252 g/mol. The van der Waals surface area contributed by atoms with Crippen molar-refractivity contribution in [2.24, 2.45) is 5.73 Å². The number of methoxy groups -OCH3 is 1. The lowest BCUT2D eigenvalue weighted by atomic mass is 10.1. The number of hydrogen-bond acceptors (Lipinski definition) is 4. The molecule has 2 N–H and O–H groups in total. The van der Waals surface area contributed by atoms with Crippen molar-refractivity contribution in [2.75, 3.05) is 12.0 Å². The highest BCUT2D eigenvalue weighted by Crippen LogP contribution is 2.35. The Morgan fingerprint density at radius 2 is 1.94 bits per heavy atom. The van der Waals surface area contributed by atoms with E-state index in [9.17, 15) is 9.59 Å². The summed E-state index contributed by atoms with van der Waals surface area (Å²) in [4.78, 5) is 24.8. The largest absolute Gasteiger partial charge is 0.495 e. The van der Waals surface area contributed by atoms with Crippen LogP contribution >= 0.6 is 12.2 Å². The number of rotatable bonds is 3. The molecule has 1 heterocycles. The summed E-state index contributed by atoms with van der Waals surface area (Å²) in [6.45, 7) is 0. The van der Waals surface area contributed by atoms with Gasteiger partial charge in [0.2, 0.25) is 11.8 Å². The molecule has 5 nitrogen and oxygen atoms in total. The first-order valence-electron chi connectivity index (χ1n) is 5.39. The van der Waals surface area contributed by atoms with Crippen molar-refractivity contribution in [3.63, 3.8) is 0 Å². The number of thiocarbonyl (C=S) groups is 1. The Balaban J connectivity index is 2.63. The Morgan fingerprint density at radius 3 is 2.44 bits per heavy atom. The maximum absolute atomic E-state index is 11.8. The second kappa shape index (κ2) is 4.73. The number of para-hydroxylation sites is 1. The van der Waals surface area contributed by atoms with Gasteiger partial charge in [-0.05, 0) is 12.1 Å². The molecule has 0 bridgehead atoms.